The summed E-state index contributed by atoms with van der Waals surface area (Å²) in [7, 11) is 1.90. The highest BCUT2D eigenvalue weighted by atomic mass is 19.1. The predicted octanol–water partition coefficient (Wildman–Crippen LogP) is 5.18. The lowest BCUT2D eigenvalue weighted by atomic mass is 9.70. The molecule has 0 radical (unpaired) electrons. The topological polar surface area (TPSA) is 64.2 Å². The van der Waals surface area contributed by atoms with Gasteiger partial charge in [-0.25, -0.2) is 8.78 Å². The summed E-state index contributed by atoms with van der Waals surface area (Å²) >= 11 is 0. The van der Waals surface area contributed by atoms with Crippen LogP contribution in [0.2, 0.25) is 0 Å². The molecule has 2 aromatic carbocycles. The Morgan fingerprint density at radius 1 is 1.15 bits per heavy atom. The summed E-state index contributed by atoms with van der Waals surface area (Å²) in [6.07, 6.45) is 1.86. The van der Waals surface area contributed by atoms with Gasteiger partial charge in [-0.3, -0.25) is 9.48 Å². The highest BCUT2D eigenvalue weighted by Gasteiger charge is 2.44. The molecule has 0 saturated carbocycles. The molecule has 6 nitrogen and oxygen atoms in total. The minimum absolute atomic E-state index is 0.00443. The lowest BCUT2D eigenvalue weighted by Gasteiger charge is -2.45. The number of hydrogen-bond acceptors (Lipinski definition) is 4. The third-order valence-electron chi connectivity index (χ3n) is 6.98. The summed E-state index contributed by atoms with van der Waals surface area (Å²) in [5.74, 6) is -1.81. The van der Waals surface area contributed by atoms with Gasteiger partial charge in [0.2, 0.25) is 5.76 Å². The number of rotatable bonds is 3. The molecule has 1 amide bonds. The first-order valence-electron chi connectivity index (χ1n) is 11.0. The van der Waals surface area contributed by atoms with E-state index in [-0.39, 0.29) is 29.0 Å². The maximum Gasteiger partial charge on any atom is 0.293 e. The third-order valence-corrected chi connectivity index (χ3v) is 6.98. The number of halogens is 2. The van der Waals surface area contributed by atoms with Gasteiger partial charge in [0.15, 0.2) is 0 Å². The number of amides is 1. The largest absolute Gasteiger partial charge is 0.350 e. The van der Waals surface area contributed by atoms with E-state index in [4.69, 9.17) is 4.52 Å². The minimum atomic E-state index is -0.771. The third kappa shape index (κ3) is 3.32. The van der Waals surface area contributed by atoms with Gasteiger partial charge < -0.3 is 9.42 Å². The van der Waals surface area contributed by atoms with E-state index in [9.17, 15) is 13.6 Å². The molecule has 4 aromatic rings. The van der Waals surface area contributed by atoms with Gasteiger partial charge in [-0.1, -0.05) is 29.4 Å². The van der Waals surface area contributed by atoms with E-state index in [0.717, 1.165) is 34.5 Å². The van der Waals surface area contributed by atoms with Gasteiger partial charge in [-0.05, 0) is 44.0 Å². The Kier molecular flexibility index (Phi) is 5.11. The first-order chi connectivity index (χ1) is 16.2. The number of benzene rings is 2. The van der Waals surface area contributed by atoms with Crippen LogP contribution in [0.5, 0.6) is 0 Å². The molecule has 8 heteroatoms. The molecule has 0 fully saturated rings. The van der Waals surface area contributed by atoms with Gasteiger partial charge in [0.25, 0.3) is 5.91 Å². The Hall–Kier alpha value is -3.81. The molecule has 2 atom stereocenters. The molecule has 5 rings (SSSR count). The van der Waals surface area contributed by atoms with Gasteiger partial charge in [-0.15, -0.1) is 0 Å². The van der Waals surface area contributed by atoms with Crippen LogP contribution < -0.4 is 0 Å². The van der Waals surface area contributed by atoms with E-state index in [1.807, 2.05) is 50.0 Å². The van der Waals surface area contributed by atoms with E-state index < -0.39 is 17.0 Å². The lowest BCUT2D eigenvalue weighted by Crippen LogP contribution is -2.49. The fraction of sp³-hybridized carbons (Fsp3) is 0.269. The van der Waals surface area contributed by atoms with Crippen molar-refractivity contribution >= 4 is 5.91 Å². The standard InChI is InChI=1S/C26H24F2N4O2/c1-15-18-7-5-6-8-20(18)26(3,21-13-29-31(4)16(21)2)14-32(15)25(33)24-12-23(30-34-24)19-10-9-17(27)11-22(19)28/h5-13,15H,14H2,1-4H3. The summed E-state index contributed by atoms with van der Waals surface area (Å²) in [6, 6.07) is 12.5. The van der Waals surface area contributed by atoms with Crippen molar-refractivity contribution in [2.45, 2.75) is 32.2 Å². The maximum absolute atomic E-state index is 14.2. The molecule has 0 saturated heterocycles. The van der Waals surface area contributed by atoms with E-state index in [2.05, 4.69) is 23.2 Å². The van der Waals surface area contributed by atoms with E-state index in [1.54, 1.807) is 4.90 Å². The molecule has 2 aromatic heterocycles. The summed E-state index contributed by atoms with van der Waals surface area (Å²) < 4.78 is 34.7. The molecule has 2 unspecified atom stereocenters. The SMILES string of the molecule is Cc1c(C2(C)CN(C(=O)c3cc(-c4ccc(F)cc4F)no3)C(C)c3ccccc32)cnn1C. The highest BCUT2D eigenvalue weighted by Crippen LogP contribution is 2.45. The van der Waals surface area contributed by atoms with Gasteiger partial charge in [-0.2, -0.15) is 5.10 Å². The van der Waals surface area contributed by atoms with Gasteiger partial charge in [0, 0.05) is 48.0 Å². The average molecular weight is 463 g/mol. The van der Waals surface area contributed by atoms with Crippen LogP contribution in [0.25, 0.3) is 11.3 Å². The lowest BCUT2D eigenvalue weighted by molar-refractivity contribution is 0.0584. The van der Waals surface area contributed by atoms with Crippen molar-refractivity contribution in [3.63, 3.8) is 0 Å². The number of carbonyl (C=O) groups is 1. The van der Waals surface area contributed by atoms with Crippen molar-refractivity contribution in [3.8, 4) is 11.3 Å². The summed E-state index contributed by atoms with van der Waals surface area (Å²) in [5.41, 5.74) is 3.95. The average Bonchev–Trinajstić information content (AvgIpc) is 3.43. The van der Waals surface area contributed by atoms with Crippen molar-refractivity contribution in [2.24, 2.45) is 7.05 Å². The quantitative estimate of drug-likeness (QED) is 0.421. The summed E-state index contributed by atoms with van der Waals surface area (Å²) in [6.45, 7) is 6.50. The molecule has 1 aliphatic heterocycles. The minimum Gasteiger partial charge on any atom is -0.350 e. The van der Waals surface area contributed by atoms with Gasteiger partial charge in [0.1, 0.15) is 17.3 Å². The van der Waals surface area contributed by atoms with Crippen LogP contribution in [0.15, 0.2) is 59.3 Å². The number of nitrogens with zero attached hydrogens (tertiary/aromatic N) is 4. The monoisotopic (exact) mass is 462 g/mol. The maximum atomic E-state index is 14.2. The second-order valence-corrected chi connectivity index (χ2v) is 9.00. The van der Waals surface area contributed by atoms with Crippen molar-refractivity contribution < 1.29 is 18.1 Å². The zero-order valence-electron chi connectivity index (χ0n) is 19.3. The van der Waals surface area contributed by atoms with Crippen LogP contribution in [-0.2, 0) is 12.5 Å². The molecule has 3 heterocycles. The molecule has 0 bridgehead atoms. The molecular weight excluding hydrogens is 438 g/mol. The zero-order valence-corrected chi connectivity index (χ0v) is 19.3. The zero-order chi connectivity index (χ0) is 24.2. The molecule has 1 aliphatic rings. The van der Waals surface area contributed by atoms with Crippen LogP contribution in [0, 0.1) is 18.6 Å². The molecule has 174 valence electrons. The van der Waals surface area contributed by atoms with Crippen molar-refractivity contribution in [3.05, 3.63) is 94.5 Å². The molecule has 0 spiro atoms. The Balaban J connectivity index is 1.55. The van der Waals surface area contributed by atoms with E-state index in [1.165, 1.54) is 12.1 Å². The van der Waals surface area contributed by atoms with Crippen molar-refractivity contribution in [2.75, 3.05) is 6.54 Å². The number of aromatic nitrogens is 3. The summed E-state index contributed by atoms with van der Waals surface area (Å²) in [4.78, 5) is 15.4. The van der Waals surface area contributed by atoms with Crippen molar-refractivity contribution in [1.82, 2.24) is 19.8 Å². The second kappa shape index (κ2) is 7.90. The van der Waals surface area contributed by atoms with Crippen LogP contribution in [0.4, 0.5) is 8.78 Å². The van der Waals surface area contributed by atoms with E-state index >= 15 is 0 Å². The molecule has 0 aliphatic carbocycles. The first-order valence-corrected chi connectivity index (χ1v) is 11.0. The first kappa shape index (κ1) is 22.0. The van der Waals surface area contributed by atoms with E-state index in [0.29, 0.717) is 6.54 Å². The number of fused-ring (bicyclic) bond motifs is 1. The summed E-state index contributed by atoms with van der Waals surface area (Å²) in [5, 5.41) is 8.31. The number of hydrogen-bond donors (Lipinski definition) is 0. The van der Waals surface area contributed by atoms with Crippen LogP contribution in [0.3, 0.4) is 0 Å². The number of carbonyl (C=O) groups excluding carboxylic acids is 1. The predicted molar refractivity (Wildman–Crippen MR) is 122 cm³/mol. The Morgan fingerprint density at radius 3 is 2.62 bits per heavy atom. The van der Waals surface area contributed by atoms with Crippen molar-refractivity contribution in [1.29, 1.82) is 0 Å². The molecule has 0 N–H and O–H groups in total. The Bertz CT molecular complexity index is 1410. The highest BCUT2D eigenvalue weighted by molar-refractivity contribution is 5.93. The Labute approximate surface area is 195 Å². The van der Waals surface area contributed by atoms with Crippen LogP contribution >= 0.6 is 0 Å². The van der Waals surface area contributed by atoms with Crippen LogP contribution in [0.1, 0.15) is 52.8 Å². The fourth-order valence-corrected chi connectivity index (χ4v) is 4.95. The van der Waals surface area contributed by atoms with Gasteiger partial charge >= 0.3 is 0 Å². The number of aryl methyl sites for hydroxylation is 1. The Morgan fingerprint density at radius 2 is 1.91 bits per heavy atom. The molecule has 34 heavy (non-hydrogen) atoms. The fourth-order valence-electron chi connectivity index (χ4n) is 4.95. The second-order valence-electron chi connectivity index (χ2n) is 9.00. The normalized spacial score (nSPS) is 19.8. The molecular formula is C26H24F2N4O2. The van der Waals surface area contributed by atoms with Crippen LogP contribution in [-0.4, -0.2) is 32.3 Å². The smallest absolute Gasteiger partial charge is 0.293 e. The van der Waals surface area contributed by atoms with Gasteiger partial charge in [0.05, 0.1) is 12.2 Å².